The van der Waals surface area contributed by atoms with Gasteiger partial charge in [0.05, 0.1) is 19.8 Å². The van der Waals surface area contributed by atoms with E-state index in [1.165, 1.54) is 0 Å². The molecule has 0 saturated carbocycles. The molecule has 1 unspecified atom stereocenters. The Kier molecular flexibility index (Phi) is 6.49. The van der Waals surface area contributed by atoms with Crippen molar-refractivity contribution in [2.24, 2.45) is 0 Å². The van der Waals surface area contributed by atoms with Crippen LogP contribution >= 0.6 is 0 Å². The molecule has 2 aromatic carbocycles. The van der Waals surface area contributed by atoms with Crippen molar-refractivity contribution in [2.45, 2.75) is 13.0 Å². The first-order valence-electron chi connectivity index (χ1n) is 9.13. The van der Waals surface area contributed by atoms with Crippen LogP contribution in [0.1, 0.15) is 17.3 Å². The lowest BCUT2D eigenvalue weighted by Crippen LogP contribution is -2.44. The summed E-state index contributed by atoms with van der Waals surface area (Å²) in [6.07, 6.45) is 0.0448. The zero-order chi connectivity index (χ0) is 19.9. The molecule has 1 N–H and O–H groups in total. The summed E-state index contributed by atoms with van der Waals surface area (Å²) >= 11 is 0. The highest BCUT2D eigenvalue weighted by Crippen LogP contribution is 2.18. The van der Waals surface area contributed by atoms with Crippen LogP contribution in [0.3, 0.4) is 0 Å². The van der Waals surface area contributed by atoms with Crippen molar-refractivity contribution in [1.82, 2.24) is 4.90 Å². The van der Waals surface area contributed by atoms with Gasteiger partial charge >= 0.3 is 0 Å². The van der Waals surface area contributed by atoms with Gasteiger partial charge in [0.2, 0.25) is 0 Å². The molecule has 7 heteroatoms. The number of nitrogens with one attached hydrogen (secondary N) is 1. The van der Waals surface area contributed by atoms with Gasteiger partial charge in [-0.2, -0.15) is 0 Å². The van der Waals surface area contributed by atoms with Gasteiger partial charge in [-0.3, -0.25) is 9.59 Å². The van der Waals surface area contributed by atoms with Crippen molar-refractivity contribution in [1.29, 1.82) is 0 Å². The van der Waals surface area contributed by atoms with Gasteiger partial charge in [-0.05, 0) is 43.3 Å². The van der Waals surface area contributed by atoms with E-state index in [0.29, 0.717) is 42.4 Å². The fourth-order valence-corrected chi connectivity index (χ4v) is 2.93. The van der Waals surface area contributed by atoms with Crippen LogP contribution in [-0.4, -0.2) is 56.2 Å². The van der Waals surface area contributed by atoms with E-state index in [2.05, 4.69) is 5.32 Å². The highest BCUT2D eigenvalue weighted by molar-refractivity contribution is 5.94. The average molecular weight is 384 g/mol. The predicted octanol–water partition coefficient (Wildman–Crippen LogP) is 2.57. The van der Waals surface area contributed by atoms with Crippen molar-refractivity contribution in [3.63, 3.8) is 0 Å². The molecular formula is C21H24N2O5. The van der Waals surface area contributed by atoms with Gasteiger partial charge in [-0.15, -0.1) is 0 Å². The van der Waals surface area contributed by atoms with Crippen LogP contribution in [0.5, 0.6) is 11.5 Å². The Morgan fingerprint density at radius 1 is 1.18 bits per heavy atom. The van der Waals surface area contributed by atoms with Gasteiger partial charge in [0.1, 0.15) is 11.5 Å². The number of anilines is 1. The molecule has 1 atom stereocenters. The van der Waals surface area contributed by atoms with Crippen LogP contribution in [0.25, 0.3) is 0 Å². The molecule has 0 aliphatic carbocycles. The molecule has 28 heavy (non-hydrogen) atoms. The fourth-order valence-electron chi connectivity index (χ4n) is 2.93. The Morgan fingerprint density at radius 2 is 1.96 bits per heavy atom. The van der Waals surface area contributed by atoms with Crippen molar-refractivity contribution in [2.75, 3.05) is 38.7 Å². The van der Waals surface area contributed by atoms with Gasteiger partial charge < -0.3 is 24.4 Å². The number of ether oxygens (including phenoxy) is 3. The molecule has 2 amide bonds. The minimum Gasteiger partial charge on any atom is -0.497 e. The first-order chi connectivity index (χ1) is 13.5. The normalized spacial score (nSPS) is 16.4. The highest BCUT2D eigenvalue weighted by Gasteiger charge is 2.22. The van der Waals surface area contributed by atoms with Crippen LogP contribution in [-0.2, 0) is 9.53 Å². The molecule has 0 spiro atoms. The number of hydrogen-bond donors (Lipinski definition) is 1. The number of methoxy groups -OCH3 is 1. The van der Waals surface area contributed by atoms with Crippen LogP contribution in [0.15, 0.2) is 48.5 Å². The maximum Gasteiger partial charge on any atom is 0.262 e. The van der Waals surface area contributed by atoms with Gasteiger partial charge in [-0.1, -0.05) is 6.07 Å². The van der Waals surface area contributed by atoms with Gasteiger partial charge in [-0.25, -0.2) is 0 Å². The van der Waals surface area contributed by atoms with Crippen LogP contribution in [0.2, 0.25) is 0 Å². The van der Waals surface area contributed by atoms with E-state index in [4.69, 9.17) is 14.2 Å². The molecule has 0 radical (unpaired) electrons. The number of rotatable bonds is 6. The molecule has 7 nitrogen and oxygen atoms in total. The third-order valence-corrected chi connectivity index (χ3v) is 4.35. The van der Waals surface area contributed by atoms with Crippen molar-refractivity contribution in [3.8, 4) is 11.5 Å². The van der Waals surface area contributed by atoms with Crippen LogP contribution < -0.4 is 14.8 Å². The molecule has 1 aliphatic rings. The van der Waals surface area contributed by atoms with Crippen molar-refractivity contribution in [3.05, 3.63) is 54.1 Å². The van der Waals surface area contributed by atoms with E-state index < -0.39 is 0 Å². The van der Waals surface area contributed by atoms with E-state index in [1.807, 2.05) is 6.92 Å². The summed E-state index contributed by atoms with van der Waals surface area (Å²) in [4.78, 5) is 26.4. The summed E-state index contributed by atoms with van der Waals surface area (Å²) in [6.45, 7) is 3.54. The van der Waals surface area contributed by atoms with Crippen LogP contribution in [0, 0.1) is 0 Å². The molecule has 1 fully saturated rings. The molecular weight excluding hydrogens is 360 g/mol. The number of morpholine rings is 1. The predicted molar refractivity (Wildman–Crippen MR) is 105 cm³/mol. The summed E-state index contributed by atoms with van der Waals surface area (Å²) in [7, 11) is 1.57. The topological polar surface area (TPSA) is 77.1 Å². The maximum absolute atomic E-state index is 12.5. The maximum atomic E-state index is 12.5. The first-order valence-corrected chi connectivity index (χ1v) is 9.13. The lowest BCUT2D eigenvalue weighted by molar-refractivity contribution is -0.118. The SMILES string of the molecule is COc1cccc(NC(=O)COc2ccc(C(=O)N3CCOC(C)C3)cc2)c1. The smallest absolute Gasteiger partial charge is 0.262 e. The largest absolute Gasteiger partial charge is 0.497 e. The third kappa shape index (κ3) is 5.23. The molecule has 3 rings (SSSR count). The number of hydrogen-bond acceptors (Lipinski definition) is 5. The standard InChI is InChI=1S/C21H24N2O5/c1-15-13-23(10-11-27-15)21(25)16-6-8-18(9-7-16)28-14-20(24)22-17-4-3-5-19(12-17)26-2/h3-9,12,15H,10-11,13-14H2,1-2H3,(H,22,24). The second-order valence-corrected chi connectivity index (χ2v) is 6.53. The monoisotopic (exact) mass is 384 g/mol. The molecule has 1 saturated heterocycles. The van der Waals surface area contributed by atoms with Gasteiger partial charge in [0.25, 0.3) is 11.8 Å². The molecule has 0 bridgehead atoms. The van der Waals surface area contributed by atoms with E-state index >= 15 is 0 Å². The molecule has 0 aromatic heterocycles. The van der Waals surface area contributed by atoms with E-state index in [-0.39, 0.29) is 24.5 Å². The number of carbonyl (C=O) groups is 2. The van der Waals surface area contributed by atoms with E-state index in [9.17, 15) is 9.59 Å². The Morgan fingerprint density at radius 3 is 2.68 bits per heavy atom. The zero-order valence-corrected chi connectivity index (χ0v) is 16.0. The second kappa shape index (κ2) is 9.23. The third-order valence-electron chi connectivity index (χ3n) is 4.35. The van der Waals surface area contributed by atoms with Crippen molar-refractivity contribution < 1.29 is 23.8 Å². The Balaban J connectivity index is 1.51. The fraction of sp³-hybridized carbons (Fsp3) is 0.333. The summed E-state index contributed by atoms with van der Waals surface area (Å²) in [5, 5.41) is 2.75. The lowest BCUT2D eigenvalue weighted by atomic mass is 10.1. The molecule has 2 aromatic rings. The number of nitrogens with zero attached hydrogens (tertiary/aromatic N) is 1. The Hall–Kier alpha value is -3.06. The van der Waals surface area contributed by atoms with Crippen molar-refractivity contribution >= 4 is 17.5 Å². The summed E-state index contributed by atoms with van der Waals surface area (Å²) in [5.41, 5.74) is 1.22. The molecule has 1 heterocycles. The van der Waals surface area contributed by atoms with Crippen LogP contribution in [0.4, 0.5) is 5.69 Å². The quantitative estimate of drug-likeness (QED) is 0.828. The molecule has 1 aliphatic heterocycles. The highest BCUT2D eigenvalue weighted by atomic mass is 16.5. The number of benzene rings is 2. The van der Waals surface area contributed by atoms with E-state index in [1.54, 1.807) is 60.5 Å². The Bertz CT molecular complexity index is 822. The zero-order valence-electron chi connectivity index (χ0n) is 16.0. The number of amides is 2. The summed E-state index contributed by atoms with van der Waals surface area (Å²) in [6, 6.07) is 13.9. The molecule has 148 valence electrons. The first kappa shape index (κ1) is 19.7. The van der Waals surface area contributed by atoms with Gasteiger partial charge in [0.15, 0.2) is 6.61 Å². The minimum atomic E-state index is -0.282. The lowest BCUT2D eigenvalue weighted by Gasteiger charge is -2.31. The number of carbonyl (C=O) groups excluding carboxylic acids is 2. The summed E-state index contributed by atoms with van der Waals surface area (Å²) < 4.78 is 16.1. The van der Waals surface area contributed by atoms with Gasteiger partial charge in [0, 0.05) is 30.4 Å². The minimum absolute atomic E-state index is 0.0301. The summed E-state index contributed by atoms with van der Waals surface area (Å²) in [5.74, 6) is 0.870. The van der Waals surface area contributed by atoms with E-state index in [0.717, 1.165) is 0 Å². The average Bonchev–Trinajstić information content (AvgIpc) is 2.72. The second-order valence-electron chi connectivity index (χ2n) is 6.53. The Labute approximate surface area is 164 Å².